The summed E-state index contributed by atoms with van der Waals surface area (Å²) < 4.78 is 0. The molecule has 0 fully saturated rings. The number of rotatable bonds is 3. The molecule has 0 aliphatic carbocycles. The second-order valence-electron chi connectivity index (χ2n) is 3.25. The van der Waals surface area contributed by atoms with E-state index in [1.54, 1.807) is 30.5 Å². The maximum Gasteiger partial charge on any atom is 0.257 e. The number of nitrogens with zero attached hydrogens (tertiary/aromatic N) is 3. The van der Waals surface area contributed by atoms with Crippen LogP contribution in [0.4, 0.5) is 0 Å². The fraction of sp³-hybridized carbons (Fsp3) is 0.222. The van der Waals surface area contributed by atoms with Crippen LogP contribution >= 0.6 is 0 Å². The molecule has 0 spiro atoms. The molecular weight excluding hydrogens is 194 g/mol. The molecule has 0 unspecified atom stereocenters. The van der Waals surface area contributed by atoms with Crippen LogP contribution in [0.5, 0.6) is 0 Å². The van der Waals surface area contributed by atoms with Crippen molar-refractivity contribution in [3.05, 3.63) is 35.9 Å². The third-order valence-electron chi connectivity index (χ3n) is 2.07. The van der Waals surface area contributed by atoms with E-state index in [1.807, 2.05) is 0 Å². The van der Waals surface area contributed by atoms with Crippen LogP contribution in [0.25, 0.3) is 0 Å². The first-order chi connectivity index (χ1) is 7.27. The van der Waals surface area contributed by atoms with Crippen molar-refractivity contribution in [1.82, 2.24) is 25.3 Å². The van der Waals surface area contributed by atoms with Crippen LogP contribution in [0.15, 0.2) is 24.8 Å². The monoisotopic (exact) mass is 205 g/mol. The molecule has 0 bridgehead atoms. The van der Waals surface area contributed by atoms with Gasteiger partial charge in [0.15, 0.2) is 0 Å². The minimum absolute atomic E-state index is 0.0649. The Bertz CT molecular complexity index is 419. The highest BCUT2D eigenvalue weighted by atomic mass is 16.2. The number of aromatic amines is 2. The highest BCUT2D eigenvalue weighted by molar-refractivity contribution is 5.93. The van der Waals surface area contributed by atoms with Gasteiger partial charge in [-0.1, -0.05) is 0 Å². The Labute approximate surface area is 86.3 Å². The molecule has 2 rings (SSSR count). The van der Waals surface area contributed by atoms with Gasteiger partial charge in [0.1, 0.15) is 0 Å². The van der Waals surface area contributed by atoms with Crippen LogP contribution in [-0.4, -0.2) is 38.2 Å². The van der Waals surface area contributed by atoms with Gasteiger partial charge >= 0.3 is 0 Å². The Morgan fingerprint density at radius 2 is 2.07 bits per heavy atom. The summed E-state index contributed by atoms with van der Waals surface area (Å²) in [7, 11) is 1.74. The number of carbonyl (C=O) groups is 1. The standard InChI is InChI=1S/C9H11N5O/c1-14(6-7-2-10-11-3-7)9(15)8-4-12-13-5-8/h2-5H,6H2,1H3,(H,10,11)(H,12,13). The van der Waals surface area contributed by atoms with E-state index >= 15 is 0 Å². The minimum Gasteiger partial charge on any atom is -0.337 e. The lowest BCUT2D eigenvalue weighted by Gasteiger charge is -2.14. The summed E-state index contributed by atoms with van der Waals surface area (Å²) >= 11 is 0. The first kappa shape index (κ1) is 9.45. The van der Waals surface area contributed by atoms with Crippen molar-refractivity contribution in [3.8, 4) is 0 Å². The fourth-order valence-electron chi connectivity index (χ4n) is 1.30. The van der Waals surface area contributed by atoms with Crippen LogP contribution in [0.3, 0.4) is 0 Å². The average molecular weight is 205 g/mol. The predicted molar refractivity (Wildman–Crippen MR) is 53.0 cm³/mol. The molecule has 78 valence electrons. The normalized spacial score (nSPS) is 10.2. The maximum atomic E-state index is 11.8. The van der Waals surface area contributed by atoms with Crippen LogP contribution in [0.2, 0.25) is 0 Å². The molecule has 0 radical (unpaired) electrons. The topological polar surface area (TPSA) is 77.7 Å². The van der Waals surface area contributed by atoms with Gasteiger partial charge in [0.2, 0.25) is 0 Å². The van der Waals surface area contributed by atoms with Crippen molar-refractivity contribution in [2.45, 2.75) is 6.54 Å². The average Bonchev–Trinajstić information content (AvgIpc) is 2.88. The Hall–Kier alpha value is -2.11. The van der Waals surface area contributed by atoms with E-state index in [2.05, 4.69) is 20.4 Å². The summed E-state index contributed by atoms with van der Waals surface area (Å²) in [4.78, 5) is 13.4. The number of carbonyl (C=O) groups excluding carboxylic acids is 1. The second-order valence-corrected chi connectivity index (χ2v) is 3.25. The molecule has 0 aromatic carbocycles. The molecule has 2 heterocycles. The quantitative estimate of drug-likeness (QED) is 0.761. The molecule has 2 aromatic rings. The highest BCUT2D eigenvalue weighted by Gasteiger charge is 2.12. The molecule has 6 heteroatoms. The van der Waals surface area contributed by atoms with Crippen molar-refractivity contribution < 1.29 is 4.79 Å². The molecule has 0 aliphatic heterocycles. The van der Waals surface area contributed by atoms with Gasteiger partial charge in [0, 0.05) is 31.5 Å². The van der Waals surface area contributed by atoms with E-state index in [4.69, 9.17) is 0 Å². The van der Waals surface area contributed by atoms with E-state index in [9.17, 15) is 4.79 Å². The molecular formula is C9H11N5O. The predicted octanol–water partition coefficient (Wildman–Crippen LogP) is 0.405. The molecule has 0 saturated heterocycles. The van der Waals surface area contributed by atoms with Crippen molar-refractivity contribution in [3.63, 3.8) is 0 Å². The Kier molecular flexibility index (Phi) is 2.49. The van der Waals surface area contributed by atoms with Gasteiger partial charge in [0.25, 0.3) is 5.91 Å². The lowest BCUT2D eigenvalue weighted by atomic mass is 10.3. The van der Waals surface area contributed by atoms with Gasteiger partial charge in [-0.05, 0) is 0 Å². The molecule has 2 aromatic heterocycles. The number of aromatic nitrogens is 4. The molecule has 6 nitrogen and oxygen atoms in total. The van der Waals surface area contributed by atoms with Gasteiger partial charge in [0.05, 0.1) is 18.0 Å². The number of nitrogens with one attached hydrogen (secondary N) is 2. The van der Waals surface area contributed by atoms with Crippen molar-refractivity contribution in [2.75, 3.05) is 7.05 Å². The lowest BCUT2D eigenvalue weighted by Crippen LogP contribution is -2.25. The van der Waals surface area contributed by atoms with Gasteiger partial charge < -0.3 is 4.90 Å². The largest absolute Gasteiger partial charge is 0.337 e. The SMILES string of the molecule is CN(Cc1cn[nH]c1)C(=O)c1cn[nH]c1. The molecule has 15 heavy (non-hydrogen) atoms. The van der Waals surface area contributed by atoms with Crippen molar-refractivity contribution in [2.24, 2.45) is 0 Å². The molecule has 0 atom stereocenters. The zero-order chi connectivity index (χ0) is 10.7. The van der Waals surface area contributed by atoms with Crippen LogP contribution < -0.4 is 0 Å². The van der Waals surface area contributed by atoms with Gasteiger partial charge in [-0.15, -0.1) is 0 Å². The minimum atomic E-state index is -0.0649. The molecule has 0 saturated carbocycles. The van der Waals surface area contributed by atoms with Crippen LogP contribution in [0.1, 0.15) is 15.9 Å². The summed E-state index contributed by atoms with van der Waals surface area (Å²) in [6.45, 7) is 0.528. The van der Waals surface area contributed by atoms with E-state index in [1.165, 1.54) is 6.20 Å². The summed E-state index contributed by atoms with van der Waals surface area (Å²) in [5.74, 6) is -0.0649. The first-order valence-corrected chi connectivity index (χ1v) is 4.49. The summed E-state index contributed by atoms with van der Waals surface area (Å²) in [6.07, 6.45) is 6.54. The van der Waals surface area contributed by atoms with Gasteiger partial charge in [-0.25, -0.2) is 0 Å². The first-order valence-electron chi connectivity index (χ1n) is 4.49. The van der Waals surface area contributed by atoms with Crippen LogP contribution in [0, 0.1) is 0 Å². The number of H-pyrrole nitrogens is 2. The third-order valence-corrected chi connectivity index (χ3v) is 2.07. The fourth-order valence-corrected chi connectivity index (χ4v) is 1.30. The molecule has 0 aliphatic rings. The second kappa shape index (κ2) is 3.95. The van der Waals surface area contributed by atoms with E-state index < -0.39 is 0 Å². The Morgan fingerprint density at radius 1 is 1.33 bits per heavy atom. The van der Waals surface area contributed by atoms with E-state index in [0.29, 0.717) is 12.1 Å². The maximum absolute atomic E-state index is 11.8. The Balaban J connectivity index is 2.03. The Morgan fingerprint density at radius 3 is 2.67 bits per heavy atom. The molecule has 2 N–H and O–H groups in total. The number of hydrogen-bond donors (Lipinski definition) is 2. The third kappa shape index (κ3) is 2.04. The van der Waals surface area contributed by atoms with Gasteiger partial charge in [-0.3, -0.25) is 15.0 Å². The zero-order valence-corrected chi connectivity index (χ0v) is 8.27. The smallest absolute Gasteiger partial charge is 0.257 e. The number of hydrogen-bond acceptors (Lipinski definition) is 3. The van der Waals surface area contributed by atoms with E-state index in [0.717, 1.165) is 5.56 Å². The van der Waals surface area contributed by atoms with Crippen LogP contribution in [-0.2, 0) is 6.54 Å². The van der Waals surface area contributed by atoms with Crippen molar-refractivity contribution in [1.29, 1.82) is 0 Å². The summed E-state index contributed by atoms with van der Waals surface area (Å²) in [5.41, 5.74) is 1.52. The lowest BCUT2D eigenvalue weighted by molar-refractivity contribution is 0.0785. The van der Waals surface area contributed by atoms with Crippen molar-refractivity contribution >= 4 is 5.91 Å². The zero-order valence-electron chi connectivity index (χ0n) is 8.27. The van der Waals surface area contributed by atoms with Gasteiger partial charge in [-0.2, -0.15) is 10.2 Å². The molecule has 1 amide bonds. The van der Waals surface area contributed by atoms with E-state index in [-0.39, 0.29) is 5.91 Å². The number of amides is 1. The highest BCUT2D eigenvalue weighted by Crippen LogP contribution is 2.05. The summed E-state index contributed by atoms with van der Waals surface area (Å²) in [6, 6.07) is 0. The summed E-state index contributed by atoms with van der Waals surface area (Å²) in [5, 5.41) is 12.9.